The van der Waals surface area contributed by atoms with Gasteiger partial charge in [-0.15, -0.1) is 23.1 Å². The molecule has 0 bridgehead atoms. The number of thioether (sulfide) groups is 2. The fourth-order valence-corrected chi connectivity index (χ4v) is 4.95. The van der Waals surface area contributed by atoms with Crippen LogP contribution < -0.4 is 5.32 Å². The third kappa shape index (κ3) is 6.26. The second-order valence-electron chi connectivity index (χ2n) is 5.58. The number of benzene rings is 1. The zero-order valence-corrected chi connectivity index (χ0v) is 17.9. The van der Waals surface area contributed by atoms with Gasteiger partial charge in [-0.3, -0.25) is 4.79 Å². The molecule has 0 saturated carbocycles. The molecular weight excluding hydrogens is 419 g/mol. The molecular formula is C19H19FN2O3S3. The highest BCUT2D eigenvalue weighted by Crippen LogP contribution is 2.40. The van der Waals surface area contributed by atoms with Crippen molar-refractivity contribution in [2.75, 3.05) is 17.7 Å². The van der Waals surface area contributed by atoms with Crippen molar-refractivity contribution in [2.24, 2.45) is 0 Å². The molecule has 0 radical (unpaired) electrons. The van der Waals surface area contributed by atoms with Gasteiger partial charge in [0.15, 0.2) is 0 Å². The van der Waals surface area contributed by atoms with Crippen molar-refractivity contribution in [3.05, 3.63) is 40.5 Å². The molecule has 0 fully saturated rings. The molecule has 5 nitrogen and oxygen atoms in total. The Balaban J connectivity index is 1.93. The van der Waals surface area contributed by atoms with Gasteiger partial charge in [-0.1, -0.05) is 0 Å². The number of hydrogen-bond donors (Lipinski definition) is 1. The van der Waals surface area contributed by atoms with Crippen molar-refractivity contribution in [3.8, 4) is 5.40 Å². The van der Waals surface area contributed by atoms with Crippen LogP contribution in [0.5, 0.6) is 0 Å². The number of carbonyl (C=O) groups is 2. The molecule has 9 heteroatoms. The number of nitrogens with one attached hydrogen (secondary N) is 1. The summed E-state index contributed by atoms with van der Waals surface area (Å²) in [6, 6.07) is 6.22. The van der Waals surface area contributed by atoms with E-state index in [0.29, 0.717) is 33.2 Å². The minimum atomic E-state index is -0.457. The minimum absolute atomic E-state index is 0.184. The highest BCUT2D eigenvalue weighted by molar-refractivity contribution is 8.04. The van der Waals surface area contributed by atoms with E-state index in [0.717, 1.165) is 33.7 Å². The molecule has 0 aliphatic rings. The van der Waals surface area contributed by atoms with E-state index in [1.807, 2.05) is 5.40 Å². The van der Waals surface area contributed by atoms with Gasteiger partial charge >= 0.3 is 5.97 Å². The molecule has 0 atom stereocenters. The standard InChI is InChI=1S/C19H19FN2O3S3/c1-3-25-19(24)17-12(2)16(27-11-21)18(28-17)22-15(23)5-4-10-26-14-8-6-13(20)7-9-14/h6-9H,3-5,10H2,1-2H3,(H,22,23). The SMILES string of the molecule is CCOC(=O)c1sc(NC(=O)CCCSc2ccc(F)cc2)c(SC#N)c1C. The third-order valence-electron chi connectivity index (χ3n) is 3.58. The van der Waals surface area contributed by atoms with Crippen LogP contribution in [0.3, 0.4) is 0 Å². The number of amides is 1. The predicted molar refractivity (Wildman–Crippen MR) is 111 cm³/mol. The van der Waals surface area contributed by atoms with Gasteiger partial charge in [-0.05, 0) is 67.6 Å². The lowest BCUT2D eigenvalue weighted by molar-refractivity contribution is -0.116. The fourth-order valence-electron chi connectivity index (χ4n) is 2.28. The summed E-state index contributed by atoms with van der Waals surface area (Å²) in [7, 11) is 0. The number of hydrogen-bond acceptors (Lipinski definition) is 7. The number of ether oxygens (including phenoxy) is 1. The van der Waals surface area contributed by atoms with Crippen molar-refractivity contribution >= 4 is 51.7 Å². The van der Waals surface area contributed by atoms with Crippen LogP contribution >= 0.6 is 34.9 Å². The van der Waals surface area contributed by atoms with Gasteiger partial charge in [-0.25, -0.2) is 9.18 Å². The van der Waals surface area contributed by atoms with Gasteiger partial charge in [-0.2, -0.15) is 5.26 Å². The molecule has 1 heterocycles. The van der Waals surface area contributed by atoms with Crippen LogP contribution in [-0.4, -0.2) is 24.2 Å². The van der Waals surface area contributed by atoms with Crippen molar-refractivity contribution in [1.82, 2.24) is 0 Å². The minimum Gasteiger partial charge on any atom is -0.462 e. The molecule has 1 N–H and O–H groups in total. The first-order valence-corrected chi connectivity index (χ1v) is 11.1. The predicted octanol–water partition coefficient (Wildman–Crippen LogP) is 5.46. The molecule has 0 unspecified atom stereocenters. The van der Waals surface area contributed by atoms with Crippen LogP contribution in [0.4, 0.5) is 9.39 Å². The Hall–Kier alpha value is -2.02. The highest BCUT2D eigenvalue weighted by atomic mass is 32.2. The van der Waals surface area contributed by atoms with E-state index in [4.69, 9.17) is 10.00 Å². The van der Waals surface area contributed by atoms with Gasteiger partial charge in [0.1, 0.15) is 21.1 Å². The quantitative estimate of drug-likeness (QED) is 0.242. The first kappa shape index (κ1) is 22.3. The highest BCUT2D eigenvalue weighted by Gasteiger charge is 2.22. The van der Waals surface area contributed by atoms with Crippen LogP contribution in [0.25, 0.3) is 0 Å². The number of thiocyanates is 1. The van der Waals surface area contributed by atoms with Crippen LogP contribution in [0, 0.1) is 23.4 Å². The number of nitriles is 1. The van der Waals surface area contributed by atoms with E-state index in [1.54, 1.807) is 37.7 Å². The maximum Gasteiger partial charge on any atom is 0.348 e. The Morgan fingerprint density at radius 1 is 1.32 bits per heavy atom. The van der Waals surface area contributed by atoms with E-state index in [2.05, 4.69) is 5.32 Å². The molecule has 1 aromatic heterocycles. The number of nitrogens with zero attached hydrogens (tertiary/aromatic N) is 1. The van der Waals surface area contributed by atoms with Crippen LogP contribution in [0.15, 0.2) is 34.1 Å². The monoisotopic (exact) mass is 438 g/mol. The van der Waals surface area contributed by atoms with Crippen molar-refractivity contribution in [2.45, 2.75) is 36.5 Å². The Kier molecular flexibility index (Phi) is 8.83. The zero-order valence-electron chi connectivity index (χ0n) is 15.4. The molecule has 1 amide bonds. The maximum absolute atomic E-state index is 12.9. The van der Waals surface area contributed by atoms with Crippen molar-refractivity contribution in [1.29, 1.82) is 5.26 Å². The summed E-state index contributed by atoms with van der Waals surface area (Å²) in [6.07, 6.45) is 0.945. The molecule has 1 aromatic carbocycles. The van der Waals surface area contributed by atoms with E-state index >= 15 is 0 Å². The number of anilines is 1. The normalized spacial score (nSPS) is 10.4. The number of carbonyl (C=O) groups excluding carboxylic acids is 2. The number of esters is 1. The maximum atomic E-state index is 12.9. The summed E-state index contributed by atoms with van der Waals surface area (Å²) in [4.78, 5) is 26.2. The summed E-state index contributed by atoms with van der Waals surface area (Å²) in [5.41, 5.74) is 0.636. The van der Waals surface area contributed by atoms with Gasteiger partial charge in [0.05, 0.1) is 11.5 Å². The van der Waals surface area contributed by atoms with Gasteiger partial charge in [0.25, 0.3) is 0 Å². The largest absolute Gasteiger partial charge is 0.462 e. The first-order valence-electron chi connectivity index (χ1n) is 8.50. The van der Waals surface area contributed by atoms with E-state index in [9.17, 15) is 14.0 Å². The Morgan fingerprint density at radius 3 is 2.68 bits per heavy atom. The van der Waals surface area contributed by atoms with Crippen LogP contribution in [0.1, 0.15) is 35.0 Å². The van der Waals surface area contributed by atoms with E-state index in [1.165, 1.54) is 12.1 Å². The van der Waals surface area contributed by atoms with Crippen LogP contribution in [0.2, 0.25) is 0 Å². The third-order valence-corrected chi connectivity index (χ3v) is 6.80. The zero-order chi connectivity index (χ0) is 20.5. The Bertz CT molecular complexity index is 876. The Labute approximate surface area is 175 Å². The fraction of sp³-hybridized carbons (Fsp3) is 0.316. The summed E-state index contributed by atoms with van der Waals surface area (Å²) in [6.45, 7) is 3.71. The summed E-state index contributed by atoms with van der Waals surface area (Å²) in [5, 5.41) is 14.3. The molecule has 0 aliphatic heterocycles. The lowest BCUT2D eigenvalue weighted by Gasteiger charge is -2.05. The molecule has 28 heavy (non-hydrogen) atoms. The average Bonchev–Trinajstić information content (AvgIpc) is 2.97. The van der Waals surface area contributed by atoms with Crippen molar-refractivity contribution < 1.29 is 18.7 Å². The molecule has 0 aliphatic carbocycles. The molecule has 0 saturated heterocycles. The number of thiophene rings is 1. The molecule has 0 spiro atoms. The lowest BCUT2D eigenvalue weighted by Crippen LogP contribution is -2.11. The number of halogens is 1. The second-order valence-corrected chi connectivity index (χ2v) is 8.57. The summed E-state index contributed by atoms with van der Waals surface area (Å²) >= 11 is 3.59. The van der Waals surface area contributed by atoms with Gasteiger partial charge < -0.3 is 10.1 Å². The first-order chi connectivity index (χ1) is 13.5. The average molecular weight is 439 g/mol. The van der Waals surface area contributed by atoms with Crippen LogP contribution in [-0.2, 0) is 9.53 Å². The summed E-state index contributed by atoms with van der Waals surface area (Å²) in [5.74, 6) is -0.198. The van der Waals surface area contributed by atoms with E-state index < -0.39 is 5.97 Å². The second kappa shape index (κ2) is 11.1. The number of rotatable bonds is 9. The molecule has 2 rings (SSSR count). The molecule has 148 valence electrons. The topological polar surface area (TPSA) is 79.2 Å². The smallest absolute Gasteiger partial charge is 0.348 e. The van der Waals surface area contributed by atoms with Gasteiger partial charge in [0.2, 0.25) is 5.91 Å². The van der Waals surface area contributed by atoms with Crippen molar-refractivity contribution in [3.63, 3.8) is 0 Å². The molecule has 2 aromatic rings. The summed E-state index contributed by atoms with van der Waals surface area (Å²) < 4.78 is 17.9. The lowest BCUT2D eigenvalue weighted by atomic mass is 10.3. The Morgan fingerprint density at radius 2 is 2.04 bits per heavy atom. The van der Waals surface area contributed by atoms with E-state index in [-0.39, 0.29) is 18.3 Å². The van der Waals surface area contributed by atoms with Gasteiger partial charge in [0, 0.05) is 11.3 Å².